The summed E-state index contributed by atoms with van der Waals surface area (Å²) in [7, 11) is 0. The molecule has 0 aliphatic rings. The van der Waals surface area contributed by atoms with Crippen LogP contribution in [0, 0.1) is 0 Å². The van der Waals surface area contributed by atoms with E-state index in [-0.39, 0.29) is 11.8 Å². The minimum absolute atomic E-state index is 0.0951. The molecule has 0 saturated carbocycles. The van der Waals surface area contributed by atoms with Gasteiger partial charge >= 0.3 is 0 Å². The highest BCUT2D eigenvalue weighted by Gasteiger charge is 2.12. The van der Waals surface area contributed by atoms with E-state index >= 15 is 0 Å². The highest BCUT2D eigenvalue weighted by atomic mass is 35.5. The van der Waals surface area contributed by atoms with Crippen molar-refractivity contribution < 1.29 is 9.53 Å². The van der Waals surface area contributed by atoms with E-state index in [1.54, 1.807) is 29.5 Å². The second-order valence-corrected chi connectivity index (χ2v) is 8.47. The molecule has 2 aromatic carbocycles. The molecule has 4 aromatic rings. The number of rotatable bonds is 7. The zero-order valence-electron chi connectivity index (χ0n) is 15.8. The van der Waals surface area contributed by atoms with Crippen molar-refractivity contribution in [2.45, 2.75) is 19.3 Å². The Balaban J connectivity index is 1.36. The number of benzene rings is 2. The minimum Gasteiger partial charge on any atom is -0.435 e. The van der Waals surface area contributed by atoms with Gasteiger partial charge < -0.3 is 10.1 Å². The lowest BCUT2D eigenvalue weighted by Crippen LogP contribution is -2.12. The molecule has 1 amide bonds. The molecule has 0 fully saturated rings. The first-order chi connectivity index (χ1) is 14.6. The number of halogens is 2. The molecule has 2 aromatic heterocycles. The maximum absolute atomic E-state index is 12.4. The summed E-state index contributed by atoms with van der Waals surface area (Å²) in [6.45, 7) is 0. The van der Waals surface area contributed by atoms with Gasteiger partial charge in [-0.1, -0.05) is 47.5 Å². The molecule has 8 heteroatoms. The SMILES string of the molecule is O=C(CCCc1nc2ccccc2s1)Nc1ccccc1Oc1ncc(Cl)cc1Cl. The molecule has 4 rings (SSSR count). The number of fused-ring (bicyclic) bond motifs is 1. The topological polar surface area (TPSA) is 64.1 Å². The number of hydrogen-bond acceptors (Lipinski definition) is 5. The first-order valence-corrected chi connectivity index (χ1v) is 10.9. The van der Waals surface area contributed by atoms with Crippen LogP contribution in [0.3, 0.4) is 0 Å². The number of aromatic nitrogens is 2. The third-order valence-corrected chi connectivity index (χ3v) is 5.85. The predicted octanol–water partition coefficient (Wildman–Crippen LogP) is 6.75. The number of pyridine rings is 1. The fraction of sp³-hybridized carbons (Fsp3) is 0.136. The van der Waals surface area contributed by atoms with Gasteiger partial charge in [-0.3, -0.25) is 4.79 Å². The van der Waals surface area contributed by atoms with E-state index in [4.69, 9.17) is 27.9 Å². The van der Waals surface area contributed by atoms with Gasteiger partial charge in [0.1, 0.15) is 5.02 Å². The van der Waals surface area contributed by atoms with Crippen LogP contribution in [0.25, 0.3) is 10.2 Å². The van der Waals surface area contributed by atoms with Gasteiger partial charge in [-0.15, -0.1) is 11.3 Å². The molecule has 0 aliphatic carbocycles. The van der Waals surface area contributed by atoms with E-state index < -0.39 is 0 Å². The molecule has 0 radical (unpaired) electrons. The summed E-state index contributed by atoms with van der Waals surface area (Å²) in [5.41, 5.74) is 1.55. The quantitative estimate of drug-likeness (QED) is 0.333. The van der Waals surface area contributed by atoms with Crippen LogP contribution in [0.5, 0.6) is 11.6 Å². The lowest BCUT2D eigenvalue weighted by atomic mass is 10.2. The number of hydrogen-bond donors (Lipinski definition) is 1. The monoisotopic (exact) mass is 457 g/mol. The average molecular weight is 458 g/mol. The van der Waals surface area contributed by atoms with Crippen LogP contribution in [0.4, 0.5) is 5.69 Å². The average Bonchev–Trinajstić information content (AvgIpc) is 3.14. The van der Waals surface area contributed by atoms with E-state index in [9.17, 15) is 4.79 Å². The largest absolute Gasteiger partial charge is 0.435 e. The molecule has 152 valence electrons. The van der Waals surface area contributed by atoms with Crippen molar-refractivity contribution in [2.75, 3.05) is 5.32 Å². The van der Waals surface area contributed by atoms with Crippen molar-refractivity contribution in [2.24, 2.45) is 0 Å². The van der Waals surface area contributed by atoms with Crippen LogP contribution in [0.15, 0.2) is 60.8 Å². The minimum atomic E-state index is -0.0951. The normalized spacial score (nSPS) is 10.9. The van der Waals surface area contributed by atoms with Crippen LogP contribution in [-0.4, -0.2) is 15.9 Å². The Hall–Kier alpha value is -2.67. The summed E-state index contributed by atoms with van der Waals surface area (Å²) in [4.78, 5) is 21.1. The summed E-state index contributed by atoms with van der Waals surface area (Å²) in [6.07, 6.45) is 3.30. The second kappa shape index (κ2) is 9.43. The van der Waals surface area contributed by atoms with Crippen molar-refractivity contribution in [3.05, 3.63) is 75.8 Å². The van der Waals surface area contributed by atoms with Gasteiger partial charge in [0.15, 0.2) is 5.75 Å². The number of amides is 1. The molecular formula is C22H17Cl2N3O2S. The summed E-state index contributed by atoms with van der Waals surface area (Å²) in [5, 5.41) is 4.64. The van der Waals surface area contributed by atoms with E-state index in [2.05, 4.69) is 21.4 Å². The third kappa shape index (κ3) is 5.08. The molecule has 0 atom stereocenters. The Morgan fingerprint density at radius 1 is 1.10 bits per heavy atom. The molecule has 0 saturated heterocycles. The number of ether oxygens (including phenoxy) is 1. The number of carbonyl (C=O) groups excluding carboxylic acids is 1. The maximum Gasteiger partial charge on any atom is 0.238 e. The van der Waals surface area contributed by atoms with Crippen molar-refractivity contribution in [3.63, 3.8) is 0 Å². The second-order valence-electron chi connectivity index (χ2n) is 6.52. The smallest absolute Gasteiger partial charge is 0.238 e. The zero-order chi connectivity index (χ0) is 20.9. The first-order valence-electron chi connectivity index (χ1n) is 9.31. The molecule has 0 spiro atoms. The van der Waals surface area contributed by atoms with Crippen LogP contribution >= 0.6 is 34.5 Å². The molecule has 0 unspecified atom stereocenters. The van der Waals surface area contributed by atoms with Crippen LogP contribution in [0.1, 0.15) is 17.8 Å². The Labute approximate surface area is 187 Å². The Kier molecular flexibility index (Phi) is 6.47. The number of thiazole rings is 1. The van der Waals surface area contributed by atoms with Gasteiger partial charge in [0.25, 0.3) is 0 Å². The standard InChI is InChI=1S/C22H17Cl2N3O2S/c23-14-12-15(24)22(25-13-14)29-18-8-3-1-6-16(18)26-20(28)10-5-11-21-27-17-7-2-4-9-19(17)30-21/h1-4,6-9,12-13H,5,10-11H2,(H,26,28). The molecule has 5 nitrogen and oxygen atoms in total. The Morgan fingerprint density at radius 3 is 2.73 bits per heavy atom. The molecule has 0 bridgehead atoms. The molecule has 1 N–H and O–H groups in total. The summed E-state index contributed by atoms with van der Waals surface area (Å²) in [5.74, 6) is 0.578. The fourth-order valence-electron chi connectivity index (χ4n) is 2.88. The summed E-state index contributed by atoms with van der Waals surface area (Å²) in [6, 6.07) is 16.7. The lowest BCUT2D eigenvalue weighted by Gasteiger charge is -2.12. The number of anilines is 1. The molecule has 2 heterocycles. The number of carbonyl (C=O) groups is 1. The first kappa shape index (κ1) is 20.6. The van der Waals surface area contributed by atoms with Gasteiger partial charge in [0, 0.05) is 12.6 Å². The third-order valence-electron chi connectivity index (χ3n) is 4.27. The van der Waals surface area contributed by atoms with E-state index in [0.717, 1.165) is 21.6 Å². The zero-order valence-corrected chi connectivity index (χ0v) is 18.1. The summed E-state index contributed by atoms with van der Waals surface area (Å²) < 4.78 is 6.94. The fourth-order valence-corrected chi connectivity index (χ4v) is 4.31. The predicted molar refractivity (Wildman–Crippen MR) is 122 cm³/mol. The van der Waals surface area contributed by atoms with Crippen molar-refractivity contribution in [3.8, 4) is 11.6 Å². The van der Waals surface area contributed by atoms with Crippen LogP contribution in [-0.2, 0) is 11.2 Å². The van der Waals surface area contributed by atoms with E-state index in [1.165, 1.54) is 6.20 Å². The van der Waals surface area contributed by atoms with Crippen LogP contribution < -0.4 is 10.1 Å². The van der Waals surface area contributed by atoms with Gasteiger partial charge in [0.05, 0.1) is 25.9 Å². The number of para-hydroxylation sites is 3. The number of aryl methyl sites for hydroxylation is 1. The number of nitrogens with zero attached hydrogens (tertiary/aromatic N) is 2. The highest BCUT2D eigenvalue weighted by molar-refractivity contribution is 7.18. The Morgan fingerprint density at radius 2 is 1.90 bits per heavy atom. The van der Waals surface area contributed by atoms with Gasteiger partial charge in [-0.25, -0.2) is 9.97 Å². The molecular weight excluding hydrogens is 441 g/mol. The molecule has 0 aliphatic heterocycles. The van der Waals surface area contributed by atoms with Crippen molar-refractivity contribution >= 4 is 56.3 Å². The maximum atomic E-state index is 12.4. The van der Waals surface area contributed by atoms with E-state index in [1.807, 2.05) is 30.3 Å². The van der Waals surface area contributed by atoms with Crippen molar-refractivity contribution in [1.29, 1.82) is 0 Å². The Bertz CT molecular complexity index is 1160. The lowest BCUT2D eigenvalue weighted by molar-refractivity contribution is -0.116. The highest BCUT2D eigenvalue weighted by Crippen LogP contribution is 2.33. The summed E-state index contributed by atoms with van der Waals surface area (Å²) >= 11 is 13.7. The van der Waals surface area contributed by atoms with Gasteiger partial charge in [-0.05, 0) is 43.2 Å². The molecule has 30 heavy (non-hydrogen) atoms. The van der Waals surface area contributed by atoms with Gasteiger partial charge in [-0.2, -0.15) is 0 Å². The van der Waals surface area contributed by atoms with Crippen LogP contribution in [0.2, 0.25) is 10.0 Å². The van der Waals surface area contributed by atoms with Crippen molar-refractivity contribution in [1.82, 2.24) is 9.97 Å². The van der Waals surface area contributed by atoms with Gasteiger partial charge in [0.2, 0.25) is 11.8 Å². The number of nitrogens with one attached hydrogen (secondary N) is 1. The van der Waals surface area contributed by atoms with E-state index in [0.29, 0.717) is 34.3 Å².